The number of hydrogen-bond acceptors (Lipinski definition) is 4. The number of carbonyl (C=O) groups excluding carboxylic acids is 1. The number of Topliss-reactive ketones (excluding diaryl/α,β-unsaturated/α-hetero) is 1. The number of nitrogens with zero attached hydrogens (tertiary/aromatic N) is 1. The van der Waals surface area contributed by atoms with Crippen molar-refractivity contribution in [2.24, 2.45) is 11.1 Å². The molecule has 0 bridgehead atoms. The topological polar surface area (TPSA) is 92.8 Å². The van der Waals surface area contributed by atoms with Gasteiger partial charge in [0.1, 0.15) is 6.10 Å². The number of ketones is 1. The summed E-state index contributed by atoms with van der Waals surface area (Å²) in [6, 6.07) is 0. The van der Waals surface area contributed by atoms with Crippen molar-refractivity contribution in [3.63, 3.8) is 0 Å². The van der Waals surface area contributed by atoms with Gasteiger partial charge >= 0.3 is 0 Å². The number of nitroso groups, excluding NO2 is 1. The van der Waals surface area contributed by atoms with Crippen molar-refractivity contribution in [3.05, 3.63) is 4.91 Å². The third kappa shape index (κ3) is 23.4. The summed E-state index contributed by atoms with van der Waals surface area (Å²) in [4.78, 5) is 19.5. The SMILES string of the molecule is CCCCCCCCCCCCCCCC(=O)C(C)O.NN=O. The smallest absolute Gasteiger partial charge is 0.160 e. The minimum Gasteiger partial charge on any atom is -0.386 e. The fraction of sp³-hybridized carbons (Fsp3) is 0.944. The largest absolute Gasteiger partial charge is 0.386 e. The number of hydrogen-bond donors (Lipinski definition) is 2. The van der Waals surface area contributed by atoms with E-state index in [1.54, 1.807) is 12.2 Å². The molecule has 0 radical (unpaired) electrons. The van der Waals surface area contributed by atoms with Crippen molar-refractivity contribution in [2.45, 2.75) is 110 Å². The molecule has 0 saturated carbocycles. The second-order valence-electron chi connectivity index (χ2n) is 6.24. The van der Waals surface area contributed by atoms with Crippen LogP contribution < -0.4 is 5.84 Å². The average Bonchev–Trinajstić information content (AvgIpc) is 2.52. The van der Waals surface area contributed by atoms with E-state index in [1.807, 2.05) is 0 Å². The van der Waals surface area contributed by atoms with E-state index in [-0.39, 0.29) is 5.78 Å². The van der Waals surface area contributed by atoms with Crippen molar-refractivity contribution in [3.8, 4) is 0 Å². The lowest BCUT2D eigenvalue weighted by atomic mass is 10.0. The molecule has 0 saturated heterocycles. The number of unbranched alkanes of at least 4 members (excludes halogenated alkanes) is 12. The van der Waals surface area contributed by atoms with E-state index in [0.717, 1.165) is 12.8 Å². The zero-order valence-electron chi connectivity index (χ0n) is 15.3. The molecule has 1 unspecified atom stereocenters. The molecule has 5 heteroatoms. The van der Waals surface area contributed by atoms with Crippen molar-refractivity contribution >= 4 is 5.78 Å². The van der Waals surface area contributed by atoms with Crippen LogP contribution in [-0.2, 0) is 4.79 Å². The maximum absolute atomic E-state index is 11.2. The van der Waals surface area contributed by atoms with Crippen LogP contribution >= 0.6 is 0 Å². The normalized spacial score (nSPS) is 11.4. The quantitative estimate of drug-likeness (QED) is 0.190. The van der Waals surface area contributed by atoms with Crippen LogP contribution in [0.1, 0.15) is 104 Å². The molecule has 0 rings (SSSR count). The Morgan fingerprint density at radius 1 is 0.870 bits per heavy atom. The Morgan fingerprint density at radius 3 is 1.48 bits per heavy atom. The number of aliphatic hydroxyl groups excluding tert-OH is 1. The molecule has 0 fully saturated rings. The number of aliphatic hydroxyl groups is 1. The molecule has 0 heterocycles. The van der Waals surface area contributed by atoms with E-state index in [1.165, 1.54) is 70.6 Å². The molecule has 0 spiro atoms. The van der Waals surface area contributed by atoms with E-state index in [4.69, 9.17) is 10.0 Å². The average molecular weight is 331 g/mol. The number of rotatable bonds is 15. The van der Waals surface area contributed by atoms with Gasteiger partial charge in [-0.05, 0) is 13.3 Å². The first-order valence-corrected chi connectivity index (χ1v) is 9.33. The maximum Gasteiger partial charge on any atom is 0.160 e. The lowest BCUT2D eigenvalue weighted by Gasteiger charge is -2.04. The van der Waals surface area contributed by atoms with Crippen LogP contribution in [-0.4, -0.2) is 17.0 Å². The second-order valence-corrected chi connectivity index (χ2v) is 6.24. The van der Waals surface area contributed by atoms with E-state index < -0.39 is 6.10 Å². The Hall–Kier alpha value is -0.970. The van der Waals surface area contributed by atoms with Gasteiger partial charge in [-0.25, -0.2) is 0 Å². The lowest BCUT2D eigenvalue weighted by Crippen LogP contribution is -2.15. The highest BCUT2D eigenvalue weighted by Crippen LogP contribution is 2.13. The minimum absolute atomic E-state index is 0.00641. The molecule has 3 N–H and O–H groups in total. The summed E-state index contributed by atoms with van der Waals surface area (Å²) in [7, 11) is 0. The highest BCUT2D eigenvalue weighted by Gasteiger charge is 2.07. The van der Waals surface area contributed by atoms with Crippen LogP contribution in [0.15, 0.2) is 5.29 Å². The summed E-state index contributed by atoms with van der Waals surface area (Å²) in [5, 5.41) is 10.8. The third-order valence-corrected chi connectivity index (χ3v) is 3.99. The summed E-state index contributed by atoms with van der Waals surface area (Å²) in [6.45, 7) is 3.82. The Morgan fingerprint density at radius 2 is 1.17 bits per heavy atom. The predicted octanol–water partition coefficient (Wildman–Crippen LogP) is 5.04. The Bertz CT molecular complexity index is 259. The van der Waals surface area contributed by atoms with Gasteiger partial charge in [0, 0.05) is 11.7 Å². The number of nitrogens with two attached hydrogens (primary N) is 1. The fourth-order valence-corrected chi connectivity index (χ4v) is 2.53. The predicted molar refractivity (Wildman–Crippen MR) is 97.0 cm³/mol. The fourth-order valence-electron chi connectivity index (χ4n) is 2.53. The first-order chi connectivity index (χ1) is 11.1. The van der Waals surface area contributed by atoms with E-state index >= 15 is 0 Å². The standard InChI is InChI=1S/C18H36O2.H2N2O/c1-3-4-5-6-7-8-9-10-11-12-13-14-15-16-18(20)17(2)19;1-2-3/h17,19H,3-16H2,1-2H3;(H2,1,3). The van der Waals surface area contributed by atoms with Crippen LogP contribution in [0.3, 0.4) is 0 Å². The van der Waals surface area contributed by atoms with E-state index in [2.05, 4.69) is 12.8 Å². The van der Waals surface area contributed by atoms with Crippen molar-refractivity contribution in [2.75, 3.05) is 0 Å². The summed E-state index contributed by atoms with van der Waals surface area (Å²) >= 11 is 0. The lowest BCUT2D eigenvalue weighted by molar-refractivity contribution is -0.126. The molecule has 0 amide bonds. The minimum atomic E-state index is -0.771. The molecule has 138 valence electrons. The van der Waals surface area contributed by atoms with Gasteiger partial charge in [-0.3, -0.25) is 10.6 Å². The molecule has 5 nitrogen and oxygen atoms in total. The zero-order valence-corrected chi connectivity index (χ0v) is 15.3. The molecule has 0 aliphatic carbocycles. The second kappa shape index (κ2) is 21.0. The van der Waals surface area contributed by atoms with E-state index in [9.17, 15) is 4.79 Å². The molecule has 0 aromatic rings. The van der Waals surface area contributed by atoms with Gasteiger partial charge in [-0.1, -0.05) is 84.0 Å². The van der Waals surface area contributed by atoms with E-state index in [0.29, 0.717) is 6.42 Å². The molecule has 0 aromatic carbocycles. The Balaban J connectivity index is 0. The van der Waals surface area contributed by atoms with Crippen molar-refractivity contribution in [1.82, 2.24) is 0 Å². The number of carbonyl (C=O) groups is 1. The van der Waals surface area contributed by atoms with Crippen LogP contribution in [0.25, 0.3) is 0 Å². The molecule has 0 aromatic heterocycles. The van der Waals surface area contributed by atoms with Gasteiger partial charge in [0.05, 0.1) is 0 Å². The zero-order chi connectivity index (χ0) is 17.8. The maximum atomic E-state index is 11.2. The molecular formula is C18H38N2O3. The Labute approximate surface area is 142 Å². The van der Waals surface area contributed by atoms with Crippen LogP contribution in [0.5, 0.6) is 0 Å². The van der Waals surface area contributed by atoms with Crippen LogP contribution in [0.4, 0.5) is 0 Å². The third-order valence-electron chi connectivity index (χ3n) is 3.99. The van der Waals surface area contributed by atoms with Gasteiger partial charge in [0.2, 0.25) is 0 Å². The highest BCUT2D eigenvalue weighted by molar-refractivity contribution is 5.82. The van der Waals surface area contributed by atoms with Gasteiger partial charge < -0.3 is 5.11 Å². The molecule has 1 atom stereocenters. The van der Waals surface area contributed by atoms with Gasteiger partial charge in [0.25, 0.3) is 0 Å². The first kappa shape index (κ1) is 24.3. The monoisotopic (exact) mass is 330 g/mol. The van der Waals surface area contributed by atoms with Gasteiger partial charge in [0.15, 0.2) is 5.78 Å². The molecular weight excluding hydrogens is 292 g/mol. The van der Waals surface area contributed by atoms with Crippen molar-refractivity contribution < 1.29 is 9.90 Å². The van der Waals surface area contributed by atoms with Crippen LogP contribution in [0.2, 0.25) is 0 Å². The highest BCUT2D eigenvalue weighted by atomic mass is 16.3. The first-order valence-electron chi connectivity index (χ1n) is 9.33. The summed E-state index contributed by atoms with van der Waals surface area (Å²) in [6.07, 6.45) is 16.9. The molecule has 0 aliphatic rings. The Kier molecular flexibility index (Phi) is 22.2. The van der Waals surface area contributed by atoms with Gasteiger partial charge in [-0.15, -0.1) is 4.91 Å². The van der Waals surface area contributed by atoms with Crippen molar-refractivity contribution in [1.29, 1.82) is 0 Å². The molecule has 0 aliphatic heterocycles. The summed E-state index contributed by atoms with van der Waals surface area (Å²) in [5.74, 6) is 3.91. The summed E-state index contributed by atoms with van der Waals surface area (Å²) < 4.78 is 0. The van der Waals surface area contributed by atoms with Gasteiger partial charge in [-0.2, -0.15) is 0 Å². The van der Waals surface area contributed by atoms with Crippen LogP contribution in [0, 0.1) is 4.91 Å². The molecule has 23 heavy (non-hydrogen) atoms. The summed E-state index contributed by atoms with van der Waals surface area (Å²) in [5.41, 5.74) is 0.